The Labute approximate surface area is 143 Å². The highest BCUT2D eigenvalue weighted by molar-refractivity contribution is 5.95. The van der Waals surface area contributed by atoms with Crippen LogP contribution in [0.5, 0.6) is 5.75 Å². The number of benzene rings is 1. The molecule has 1 aliphatic heterocycles. The van der Waals surface area contributed by atoms with Crippen LogP contribution < -0.4 is 5.32 Å². The van der Waals surface area contributed by atoms with Gasteiger partial charge in [-0.1, -0.05) is 19.3 Å². The lowest BCUT2D eigenvalue weighted by Gasteiger charge is -2.27. The summed E-state index contributed by atoms with van der Waals surface area (Å²) in [7, 11) is 0. The Kier molecular flexibility index (Phi) is 5.07. The summed E-state index contributed by atoms with van der Waals surface area (Å²) in [5.41, 5.74) is 1.19. The van der Waals surface area contributed by atoms with Gasteiger partial charge in [0.2, 0.25) is 5.91 Å². The molecule has 2 fully saturated rings. The Bertz CT molecular complexity index is 623. The molecule has 0 aromatic heterocycles. The lowest BCUT2D eigenvalue weighted by atomic mass is 9.89. The van der Waals surface area contributed by atoms with Crippen molar-refractivity contribution in [3.8, 4) is 5.75 Å². The number of hydrogen-bond donors (Lipinski definition) is 2. The van der Waals surface area contributed by atoms with Crippen LogP contribution in [-0.2, 0) is 4.79 Å². The van der Waals surface area contributed by atoms with Gasteiger partial charge in [0.1, 0.15) is 5.75 Å². The van der Waals surface area contributed by atoms with E-state index in [-0.39, 0.29) is 23.6 Å². The maximum absolute atomic E-state index is 12.3. The number of nitrogens with one attached hydrogen (secondary N) is 1. The summed E-state index contributed by atoms with van der Waals surface area (Å²) < 4.78 is 0. The number of aromatic hydroxyl groups is 1. The van der Waals surface area contributed by atoms with Gasteiger partial charge in [-0.15, -0.1) is 0 Å². The second kappa shape index (κ2) is 7.24. The van der Waals surface area contributed by atoms with Gasteiger partial charge in [0.05, 0.1) is 6.04 Å². The molecule has 0 radical (unpaired) electrons. The number of hydrogen-bond acceptors (Lipinski definition) is 3. The second-order valence-electron chi connectivity index (χ2n) is 7.18. The van der Waals surface area contributed by atoms with E-state index in [0.717, 1.165) is 6.54 Å². The SMILES string of the molecule is Cc1cc(C(=O)NC2CC(=O)N(CC3CCCCC3)C2)ccc1O. The highest BCUT2D eigenvalue weighted by atomic mass is 16.3. The molecule has 1 saturated heterocycles. The molecule has 1 aromatic carbocycles. The van der Waals surface area contributed by atoms with Crippen LogP contribution in [0, 0.1) is 12.8 Å². The Hall–Kier alpha value is -2.04. The summed E-state index contributed by atoms with van der Waals surface area (Å²) in [4.78, 5) is 26.5. The van der Waals surface area contributed by atoms with Gasteiger partial charge < -0.3 is 15.3 Å². The van der Waals surface area contributed by atoms with Crippen molar-refractivity contribution in [1.82, 2.24) is 10.2 Å². The van der Waals surface area contributed by atoms with Gasteiger partial charge in [0.15, 0.2) is 0 Å². The molecule has 1 heterocycles. The number of aryl methyl sites for hydroxylation is 1. The predicted octanol–water partition coefficient (Wildman–Crippen LogP) is 2.61. The number of rotatable bonds is 4. The first-order chi connectivity index (χ1) is 11.5. The summed E-state index contributed by atoms with van der Waals surface area (Å²) in [5, 5.41) is 12.5. The smallest absolute Gasteiger partial charge is 0.251 e. The number of carbonyl (C=O) groups is 2. The predicted molar refractivity (Wildman–Crippen MR) is 91.9 cm³/mol. The third-order valence-electron chi connectivity index (χ3n) is 5.21. The molecule has 1 aromatic rings. The fourth-order valence-corrected chi connectivity index (χ4v) is 3.79. The van der Waals surface area contributed by atoms with Crippen molar-refractivity contribution in [3.05, 3.63) is 29.3 Å². The minimum absolute atomic E-state index is 0.123. The molecule has 1 aliphatic carbocycles. The number of phenols is 1. The number of amides is 2. The Morgan fingerprint density at radius 2 is 2.04 bits per heavy atom. The topological polar surface area (TPSA) is 69.6 Å². The fraction of sp³-hybridized carbons (Fsp3) is 0.579. The van der Waals surface area contributed by atoms with Crippen molar-refractivity contribution in [3.63, 3.8) is 0 Å². The summed E-state index contributed by atoms with van der Waals surface area (Å²) >= 11 is 0. The van der Waals surface area contributed by atoms with E-state index in [1.165, 1.54) is 38.2 Å². The van der Waals surface area contributed by atoms with Crippen molar-refractivity contribution in [2.45, 2.75) is 51.5 Å². The zero-order valence-corrected chi connectivity index (χ0v) is 14.3. The number of phenolic OH excluding ortho intramolecular Hbond substituents is 1. The van der Waals surface area contributed by atoms with Crippen LogP contribution in [0.15, 0.2) is 18.2 Å². The van der Waals surface area contributed by atoms with Crippen molar-refractivity contribution in [2.75, 3.05) is 13.1 Å². The summed E-state index contributed by atoms with van der Waals surface area (Å²) in [5.74, 6) is 0.765. The van der Waals surface area contributed by atoms with Gasteiger partial charge in [-0.05, 0) is 49.4 Å². The van der Waals surface area contributed by atoms with Crippen molar-refractivity contribution in [2.24, 2.45) is 5.92 Å². The van der Waals surface area contributed by atoms with E-state index in [1.54, 1.807) is 19.1 Å². The molecule has 3 rings (SSSR count). The first kappa shape index (κ1) is 16.8. The van der Waals surface area contributed by atoms with Gasteiger partial charge in [0, 0.05) is 25.1 Å². The molecule has 130 valence electrons. The highest BCUT2D eigenvalue weighted by Gasteiger charge is 2.32. The van der Waals surface area contributed by atoms with Gasteiger partial charge in [-0.25, -0.2) is 0 Å². The molecule has 2 amide bonds. The summed E-state index contributed by atoms with van der Waals surface area (Å²) in [6.07, 6.45) is 6.67. The second-order valence-corrected chi connectivity index (χ2v) is 7.18. The Morgan fingerprint density at radius 1 is 1.29 bits per heavy atom. The van der Waals surface area contributed by atoms with Crippen molar-refractivity contribution < 1.29 is 14.7 Å². The molecule has 1 atom stereocenters. The van der Waals surface area contributed by atoms with E-state index in [9.17, 15) is 14.7 Å². The third kappa shape index (κ3) is 3.89. The maximum Gasteiger partial charge on any atom is 0.251 e. The quantitative estimate of drug-likeness (QED) is 0.891. The van der Waals surface area contributed by atoms with Crippen LogP contribution in [0.2, 0.25) is 0 Å². The van der Waals surface area contributed by atoms with Crippen LogP contribution in [0.25, 0.3) is 0 Å². The molecule has 0 spiro atoms. The van der Waals surface area contributed by atoms with Gasteiger partial charge in [-0.3, -0.25) is 9.59 Å². The third-order valence-corrected chi connectivity index (χ3v) is 5.21. The lowest BCUT2D eigenvalue weighted by molar-refractivity contribution is -0.128. The van der Waals surface area contributed by atoms with Crippen LogP contribution in [0.3, 0.4) is 0 Å². The standard InChI is InChI=1S/C19H26N2O3/c1-13-9-15(7-8-17(13)22)19(24)20-16-10-18(23)21(12-16)11-14-5-3-2-4-6-14/h7-9,14,16,22H,2-6,10-12H2,1H3,(H,20,24). The molecule has 1 unspecified atom stereocenters. The summed E-state index contributed by atoms with van der Waals surface area (Å²) in [6.45, 7) is 3.21. The van der Waals surface area contributed by atoms with E-state index in [0.29, 0.717) is 30.0 Å². The molecular formula is C19H26N2O3. The monoisotopic (exact) mass is 330 g/mol. The molecule has 24 heavy (non-hydrogen) atoms. The first-order valence-corrected chi connectivity index (χ1v) is 8.91. The average molecular weight is 330 g/mol. The number of nitrogens with zero attached hydrogens (tertiary/aromatic N) is 1. The first-order valence-electron chi connectivity index (χ1n) is 8.91. The molecule has 2 N–H and O–H groups in total. The molecule has 2 aliphatic rings. The van der Waals surface area contributed by atoms with Gasteiger partial charge in [-0.2, -0.15) is 0 Å². The number of likely N-dealkylation sites (tertiary alicyclic amines) is 1. The van der Waals surface area contributed by atoms with Crippen LogP contribution in [0.1, 0.15) is 54.4 Å². The zero-order chi connectivity index (χ0) is 17.1. The number of carbonyl (C=O) groups excluding carboxylic acids is 2. The largest absolute Gasteiger partial charge is 0.508 e. The highest BCUT2D eigenvalue weighted by Crippen LogP contribution is 2.26. The zero-order valence-electron chi connectivity index (χ0n) is 14.3. The van der Waals surface area contributed by atoms with E-state index >= 15 is 0 Å². The van der Waals surface area contributed by atoms with Crippen LogP contribution >= 0.6 is 0 Å². The lowest BCUT2D eigenvalue weighted by Crippen LogP contribution is -2.38. The molecule has 5 nitrogen and oxygen atoms in total. The van der Waals surface area contributed by atoms with E-state index in [4.69, 9.17) is 0 Å². The van der Waals surface area contributed by atoms with Crippen LogP contribution in [0.4, 0.5) is 0 Å². The minimum Gasteiger partial charge on any atom is -0.508 e. The molecule has 0 bridgehead atoms. The van der Waals surface area contributed by atoms with E-state index in [2.05, 4.69) is 5.32 Å². The Morgan fingerprint density at radius 3 is 2.75 bits per heavy atom. The van der Waals surface area contributed by atoms with Gasteiger partial charge >= 0.3 is 0 Å². The maximum atomic E-state index is 12.3. The molecular weight excluding hydrogens is 304 g/mol. The fourth-order valence-electron chi connectivity index (χ4n) is 3.79. The average Bonchev–Trinajstić information content (AvgIpc) is 2.90. The van der Waals surface area contributed by atoms with E-state index in [1.807, 2.05) is 4.90 Å². The van der Waals surface area contributed by atoms with Gasteiger partial charge in [0.25, 0.3) is 5.91 Å². The Balaban J connectivity index is 1.55. The minimum atomic E-state index is -0.185. The van der Waals surface area contributed by atoms with Crippen LogP contribution in [-0.4, -0.2) is 41.0 Å². The van der Waals surface area contributed by atoms with Crippen molar-refractivity contribution >= 4 is 11.8 Å². The summed E-state index contributed by atoms with van der Waals surface area (Å²) in [6, 6.07) is 4.68. The normalized spacial score (nSPS) is 22.0. The molecule has 1 saturated carbocycles. The van der Waals surface area contributed by atoms with E-state index < -0.39 is 0 Å². The van der Waals surface area contributed by atoms with Crippen molar-refractivity contribution in [1.29, 1.82) is 0 Å². The molecule has 5 heteroatoms.